The van der Waals surface area contributed by atoms with Gasteiger partial charge in [0.25, 0.3) is 5.91 Å². The second-order valence-corrected chi connectivity index (χ2v) is 9.61. The topological polar surface area (TPSA) is 85.0 Å². The van der Waals surface area contributed by atoms with Gasteiger partial charge in [-0.2, -0.15) is 0 Å². The average molecular weight is 426 g/mol. The van der Waals surface area contributed by atoms with Crippen molar-refractivity contribution < 1.29 is 14.4 Å². The normalized spacial score (nSPS) is 26.9. The molecule has 3 saturated heterocycles. The van der Waals surface area contributed by atoms with E-state index in [2.05, 4.69) is 33.5 Å². The van der Waals surface area contributed by atoms with Gasteiger partial charge in [0.05, 0.1) is 0 Å². The van der Waals surface area contributed by atoms with Crippen molar-refractivity contribution in [2.75, 3.05) is 39.8 Å². The van der Waals surface area contributed by atoms with Crippen molar-refractivity contribution in [2.24, 2.45) is 0 Å². The Balaban J connectivity index is 1.22. The highest BCUT2D eigenvalue weighted by molar-refractivity contribution is 6.05. The molecule has 0 aromatic heterocycles. The second-order valence-electron chi connectivity index (χ2n) is 9.61. The third kappa shape index (κ3) is 4.00. The molecule has 5 rings (SSSR count). The van der Waals surface area contributed by atoms with Gasteiger partial charge in [-0.15, -0.1) is 0 Å². The number of piperazine rings is 1. The number of nitrogens with one attached hydrogen (secondary N) is 2. The number of imide groups is 1. The zero-order chi connectivity index (χ0) is 21.6. The van der Waals surface area contributed by atoms with Crippen molar-refractivity contribution in [3.8, 4) is 0 Å². The maximum atomic E-state index is 12.9. The fourth-order valence-electron chi connectivity index (χ4n) is 5.62. The van der Waals surface area contributed by atoms with Crippen LogP contribution in [0, 0.1) is 0 Å². The van der Waals surface area contributed by atoms with Crippen LogP contribution in [0.1, 0.15) is 47.2 Å². The number of likely N-dealkylation sites (tertiary alicyclic amines) is 1. The first-order valence-electron chi connectivity index (χ1n) is 11.3. The van der Waals surface area contributed by atoms with E-state index in [-0.39, 0.29) is 29.7 Å². The molecule has 0 radical (unpaired) electrons. The summed E-state index contributed by atoms with van der Waals surface area (Å²) in [5, 5.41) is 6.13. The number of rotatable bonds is 3. The Morgan fingerprint density at radius 1 is 1.13 bits per heavy atom. The Morgan fingerprint density at radius 3 is 2.68 bits per heavy atom. The highest BCUT2D eigenvalue weighted by Gasteiger charge is 2.40. The van der Waals surface area contributed by atoms with Gasteiger partial charge in [-0.1, -0.05) is 12.1 Å². The van der Waals surface area contributed by atoms with Crippen LogP contribution in [0.15, 0.2) is 18.2 Å². The number of fused-ring (bicyclic) bond motifs is 1. The first-order valence-corrected chi connectivity index (χ1v) is 11.3. The molecule has 1 aromatic rings. The fraction of sp³-hybridized carbons (Fsp3) is 0.609. The van der Waals surface area contributed by atoms with Gasteiger partial charge in [0.1, 0.15) is 6.04 Å². The number of piperidine rings is 2. The van der Waals surface area contributed by atoms with Gasteiger partial charge in [0, 0.05) is 63.3 Å². The van der Waals surface area contributed by atoms with Gasteiger partial charge in [0.15, 0.2) is 0 Å². The van der Waals surface area contributed by atoms with Crippen molar-refractivity contribution in [1.82, 2.24) is 25.3 Å². The first-order chi connectivity index (χ1) is 14.9. The van der Waals surface area contributed by atoms with E-state index in [4.69, 9.17) is 0 Å². The van der Waals surface area contributed by atoms with Crippen LogP contribution in [-0.4, -0.2) is 83.8 Å². The summed E-state index contributed by atoms with van der Waals surface area (Å²) in [6.07, 6.45) is 2.99. The van der Waals surface area contributed by atoms with Gasteiger partial charge in [0.2, 0.25) is 11.8 Å². The fourth-order valence-corrected chi connectivity index (χ4v) is 5.62. The van der Waals surface area contributed by atoms with E-state index in [9.17, 15) is 14.4 Å². The largest absolute Gasteiger partial charge is 0.322 e. The van der Waals surface area contributed by atoms with Crippen LogP contribution in [0.4, 0.5) is 0 Å². The van der Waals surface area contributed by atoms with E-state index in [0.717, 1.165) is 57.7 Å². The molecule has 8 nitrogen and oxygen atoms in total. The maximum absolute atomic E-state index is 12.9. The zero-order valence-electron chi connectivity index (χ0n) is 18.2. The Hall–Kier alpha value is -2.29. The molecule has 4 aliphatic rings. The summed E-state index contributed by atoms with van der Waals surface area (Å²) in [6, 6.07) is 5.51. The standard InChI is InChI=1S/C23H31N5O3/c1-26-11-8-24-23(15-26)6-9-27(10-7-23)13-16-2-3-18-17(12-16)14-28(22(18)31)19-4-5-20(29)25-21(19)30/h2-3,12,19,24H,4-11,13-15H2,1H3,(H,25,29,30). The van der Waals surface area contributed by atoms with Crippen LogP contribution in [0.2, 0.25) is 0 Å². The number of carbonyl (C=O) groups excluding carboxylic acids is 3. The van der Waals surface area contributed by atoms with Gasteiger partial charge in [-0.25, -0.2) is 0 Å². The molecule has 0 aliphatic carbocycles. The Bertz CT molecular complexity index is 908. The molecule has 31 heavy (non-hydrogen) atoms. The molecule has 166 valence electrons. The first kappa shape index (κ1) is 20.6. The second kappa shape index (κ2) is 8.00. The SMILES string of the molecule is CN1CCNC2(CCN(Cc3ccc4c(c3)CN(C3CCC(=O)NC3=O)C4=O)CC2)C1. The summed E-state index contributed by atoms with van der Waals surface area (Å²) >= 11 is 0. The molecular formula is C23H31N5O3. The maximum Gasteiger partial charge on any atom is 0.255 e. The third-order valence-electron chi connectivity index (χ3n) is 7.37. The van der Waals surface area contributed by atoms with E-state index in [1.54, 1.807) is 4.90 Å². The van der Waals surface area contributed by atoms with Crippen molar-refractivity contribution in [1.29, 1.82) is 0 Å². The predicted molar refractivity (Wildman–Crippen MR) is 115 cm³/mol. The molecule has 0 saturated carbocycles. The quantitative estimate of drug-likeness (QED) is 0.679. The lowest BCUT2D eigenvalue weighted by Gasteiger charge is -2.47. The monoisotopic (exact) mass is 425 g/mol. The number of amides is 3. The lowest BCUT2D eigenvalue weighted by molar-refractivity contribution is -0.136. The minimum atomic E-state index is -0.555. The molecule has 1 unspecified atom stereocenters. The molecule has 8 heteroatoms. The van der Waals surface area contributed by atoms with E-state index >= 15 is 0 Å². The van der Waals surface area contributed by atoms with Crippen molar-refractivity contribution in [3.63, 3.8) is 0 Å². The van der Waals surface area contributed by atoms with Crippen LogP contribution in [0.3, 0.4) is 0 Å². The lowest BCUT2D eigenvalue weighted by atomic mass is 9.85. The van der Waals surface area contributed by atoms with Crippen LogP contribution >= 0.6 is 0 Å². The highest BCUT2D eigenvalue weighted by Crippen LogP contribution is 2.30. The van der Waals surface area contributed by atoms with Crippen LogP contribution in [-0.2, 0) is 22.7 Å². The number of benzene rings is 1. The molecule has 2 N–H and O–H groups in total. The van der Waals surface area contributed by atoms with Gasteiger partial charge >= 0.3 is 0 Å². The van der Waals surface area contributed by atoms with Crippen molar-refractivity contribution in [3.05, 3.63) is 34.9 Å². The molecule has 0 bridgehead atoms. The molecule has 3 amide bonds. The van der Waals surface area contributed by atoms with Crippen LogP contribution < -0.4 is 10.6 Å². The predicted octanol–water partition coefficient (Wildman–Crippen LogP) is 0.317. The molecular weight excluding hydrogens is 394 g/mol. The number of hydrogen-bond acceptors (Lipinski definition) is 6. The third-order valence-corrected chi connectivity index (χ3v) is 7.37. The smallest absolute Gasteiger partial charge is 0.255 e. The van der Waals surface area contributed by atoms with E-state index in [1.807, 2.05) is 12.1 Å². The summed E-state index contributed by atoms with van der Waals surface area (Å²) < 4.78 is 0. The Morgan fingerprint density at radius 2 is 1.94 bits per heavy atom. The molecule has 3 fully saturated rings. The molecule has 1 atom stereocenters. The summed E-state index contributed by atoms with van der Waals surface area (Å²) in [5.41, 5.74) is 3.13. The summed E-state index contributed by atoms with van der Waals surface area (Å²) in [5.74, 6) is -0.726. The Labute approximate surface area is 182 Å². The number of carbonyl (C=O) groups is 3. The van der Waals surface area contributed by atoms with Crippen molar-refractivity contribution >= 4 is 17.7 Å². The number of likely N-dealkylation sites (N-methyl/N-ethyl adjacent to an activating group) is 1. The van der Waals surface area contributed by atoms with Crippen LogP contribution in [0.25, 0.3) is 0 Å². The van der Waals surface area contributed by atoms with Crippen molar-refractivity contribution in [2.45, 2.75) is 50.4 Å². The molecule has 4 aliphatic heterocycles. The minimum Gasteiger partial charge on any atom is -0.322 e. The number of hydrogen-bond donors (Lipinski definition) is 2. The van der Waals surface area contributed by atoms with E-state index < -0.39 is 6.04 Å². The van der Waals surface area contributed by atoms with Crippen LogP contribution in [0.5, 0.6) is 0 Å². The summed E-state index contributed by atoms with van der Waals surface area (Å²) in [7, 11) is 2.21. The van der Waals surface area contributed by atoms with Gasteiger partial charge in [-0.05, 0) is 43.5 Å². The molecule has 1 spiro atoms. The average Bonchev–Trinajstić information content (AvgIpc) is 3.06. The van der Waals surface area contributed by atoms with E-state index in [0.29, 0.717) is 18.5 Å². The van der Waals surface area contributed by atoms with E-state index in [1.165, 1.54) is 5.56 Å². The Kier molecular flexibility index (Phi) is 5.32. The minimum absolute atomic E-state index is 0.108. The lowest BCUT2D eigenvalue weighted by Crippen LogP contribution is -2.63. The molecule has 4 heterocycles. The van der Waals surface area contributed by atoms with Gasteiger partial charge in [-0.3, -0.25) is 24.6 Å². The summed E-state index contributed by atoms with van der Waals surface area (Å²) in [4.78, 5) is 43.1. The van der Waals surface area contributed by atoms with Gasteiger partial charge < -0.3 is 15.1 Å². The molecule has 1 aromatic carbocycles. The highest BCUT2D eigenvalue weighted by atomic mass is 16.2. The summed E-state index contributed by atoms with van der Waals surface area (Å²) in [6.45, 7) is 6.77. The zero-order valence-corrected chi connectivity index (χ0v) is 18.2. The number of nitrogens with zero attached hydrogens (tertiary/aromatic N) is 3.